The van der Waals surface area contributed by atoms with Crippen molar-refractivity contribution in [3.8, 4) is 11.6 Å². The molecule has 0 spiro atoms. The molecule has 0 aliphatic carbocycles. The number of amides is 1. The summed E-state index contributed by atoms with van der Waals surface area (Å²) < 4.78 is 12.4. The lowest BCUT2D eigenvalue weighted by atomic mass is 10.0. The third kappa shape index (κ3) is 4.25. The first-order valence-corrected chi connectivity index (χ1v) is 9.03. The van der Waals surface area contributed by atoms with Crippen LogP contribution in [0.25, 0.3) is 0 Å². The molecule has 1 aromatic carbocycles. The van der Waals surface area contributed by atoms with Gasteiger partial charge in [-0.3, -0.25) is 4.79 Å². The monoisotopic (exact) mass is 424 g/mol. The Kier molecular flexibility index (Phi) is 5.20. The van der Waals surface area contributed by atoms with Gasteiger partial charge in [-0.2, -0.15) is 0 Å². The fourth-order valence-corrected chi connectivity index (χ4v) is 2.99. The van der Waals surface area contributed by atoms with E-state index >= 15 is 0 Å². The predicted molar refractivity (Wildman–Crippen MR) is 99.1 cm³/mol. The molecule has 1 saturated heterocycles. The van der Waals surface area contributed by atoms with Crippen LogP contribution in [0.1, 0.15) is 13.8 Å². The van der Waals surface area contributed by atoms with Crippen LogP contribution < -0.4 is 9.47 Å². The molecule has 0 atom stereocenters. The lowest BCUT2D eigenvalue weighted by molar-refractivity contribution is -0.154. The van der Waals surface area contributed by atoms with Gasteiger partial charge in [0, 0.05) is 11.2 Å². The summed E-state index contributed by atoms with van der Waals surface area (Å²) >= 11 is 9.27. The number of likely N-dealkylation sites (tertiary alicyclic amines) is 1. The van der Waals surface area contributed by atoms with Crippen molar-refractivity contribution in [3.63, 3.8) is 0 Å². The molecule has 1 aliphatic rings. The molecule has 1 aliphatic heterocycles. The number of carbonyl (C=O) groups is 1. The van der Waals surface area contributed by atoms with Crippen LogP contribution in [0.2, 0.25) is 5.02 Å². The van der Waals surface area contributed by atoms with E-state index in [9.17, 15) is 4.79 Å². The fourth-order valence-electron chi connectivity index (χ4n) is 2.52. The largest absolute Gasteiger partial charge is 0.478 e. The van der Waals surface area contributed by atoms with E-state index in [4.69, 9.17) is 21.1 Å². The number of rotatable bonds is 5. The van der Waals surface area contributed by atoms with Crippen LogP contribution in [0.3, 0.4) is 0 Å². The summed E-state index contributed by atoms with van der Waals surface area (Å²) in [7, 11) is 0. The summed E-state index contributed by atoms with van der Waals surface area (Å²) in [4.78, 5) is 18.6. The van der Waals surface area contributed by atoms with Gasteiger partial charge in [0.15, 0.2) is 5.60 Å². The van der Waals surface area contributed by atoms with Gasteiger partial charge in [-0.05, 0) is 66.2 Å². The highest BCUT2D eigenvalue weighted by Gasteiger charge is 2.41. The molecule has 5 nitrogen and oxygen atoms in total. The third-order valence-electron chi connectivity index (χ3n) is 3.84. The van der Waals surface area contributed by atoms with Crippen molar-refractivity contribution < 1.29 is 14.3 Å². The molecule has 7 heteroatoms. The topological polar surface area (TPSA) is 51.7 Å². The molecule has 3 rings (SSSR count). The smallest absolute Gasteiger partial charge is 0.266 e. The first kappa shape index (κ1) is 18.0. The molecular formula is C18H18BrClN2O3. The summed E-state index contributed by atoms with van der Waals surface area (Å²) in [6.07, 6.45) is 1.60. The standard InChI is InChI=1S/C18H18BrClN2O3/c1-18(2,25-13-7-5-12(20)6-8-13)17(23)22-10-14(11-22)24-16-15(19)4-3-9-21-16/h3-9,14H,10-11H2,1-2H3. The molecule has 1 aromatic heterocycles. The number of hydrogen-bond acceptors (Lipinski definition) is 4. The first-order valence-electron chi connectivity index (χ1n) is 7.86. The normalized spacial score (nSPS) is 14.8. The van der Waals surface area contributed by atoms with E-state index in [2.05, 4.69) is 20.9 Å². The van der Waals surface area contributed by atoms with E-state index in [0.717, 1.165) is 4.47 Å². The number of nitrogens with zero attached hydrogens (tertiary/aromatic N) is 2. The van der Waals surface area contributed by atoms with E-state index < -0.39 is 5.60 Å². The van der Waals surface area contributed by atoms with Crippen molar-refractivity contribution in [2.24, 2.45) is 0 Å². The van der Waals surface area contributed by atoms with Crippen molar-refractivity contribution in [2.45, 2.75) is 25.6 Å². The quantitative estimate of drug-likeness (QED) is 0.728. The zero-order valence-electron chi connectivity index (χ0n) is 13.9. The Balaban J connectivity index is 1.55. The zero-order valence-corrected chi connectivity index (χ0v) is 16.3. The van der Waals surface area contributed by atoms with Crippen LogP contribution in [0, 0.1) is 0 Å². The molecule has 1 fully saturated rings. The summed E-state index contributed by atoms with van der Waals surface area (Å²) in [6, 6.07) is 10.7. The Morgan fingerprint density at radius 2 is 1.96 bits per heavy atom. The average Bonchev–Trinajstić information content (AvgIpc) is 2.53. The van der Waals surface area contributed by atoms with Gasteiger partial charge in [0.05, 0.1) is 17.6 Å². The van der Waals surface area contributed by atoms with Crippen LogP contribution in [0.15, 0.2) is 47.1 Å². The van der Waals surface area contributed by atoms with Gasteiger partial charge in [-0.1, -0.05) is 11.6 Å². The number of hydrogen-bond donors (Lipinski definition) is 0. The summed E-state index contributed by atoms with van der Waals surface area (Å²) in [5.74, 6) is 1.06. The molecular weight excluding hydrogens is 408 g/mol. The second-order valence-electron chi connectivity index (χ2n) is 6.31. The van der Waals surface area contributed by atoms with Crippen molar-refractivity contribution in [2.75, 3.05) is 13.1 Å². The Morgan fingerprint density at radius 1 is 1.28 bits per heavy atom. The van der Waals surface area contributed by atoms with E-state index in [-0.39, 0.29) is 12.0 Å². The van der Waals surface area contributed by atoms with Gasteiger partial charge in [0.25, 0.3) is 5.91 Å². The highest BCUT2D eigenvalue weighted by molar-refractivity contribution is 9.10. The Labute approximate surface area is 160 Å². The zero-order chi connectivity index (χ0) is 18.0. The van der Waals surface area contributed by atoms with Crippen molar-refractivity contribution >= 4 is 33.4 Å². The lowest BCUT2D eigenvalue weighted by Gasteiger charge is -2.42. The number of benzene rings is 1. The third-order valence-corrected chi connectivity index (χ3v) is 4.70. The number of halogens is 2. The summed E-state index contributed by atoms with van der Waals surface area (Å²) in [5, 5.41) is 0.625. The minimum atomic E-state index is -0.968. The maximum absolute atomic E-state index is 12.7. The highest BCUT2D eigenvalue weighted by Crippen LogP contribution is 2.27. The predicted octanol–water partition coefficient (Wildman–Crippen LogP) is 3.94. The Morgan fingerprint density at radius 3 is 2.60 bits per heavy atom. The van der Waals surface area contributed by atoms with Crippen molar-refractivity contribution in [1.82, 2.24) is 9.88 Å². The fraction of sp³-hybridized carbons (Fsp3) is 0.333. The number of carbonyl (C=O) groups excluding carboxylic acids is 1. The van der Waals surface area contributed by atoms with E-state index in [1.807, 2.05) is 12.1 Å². The van der Waals surface area contributed by atoms with Gasteiger partial charge in [0.2, 0.25) is 5.88 Å². The summed E-state index contributed by atoms with van der Waals surface area (Å²) in [6.45, 7) is 4.53. The molecule has 132 valence electrons. The van der Waals surface area contributed by atoms with Crippen LogP contribution in [0.5, 0.6) is 11.6 Å². The molecule has 25 heavy (non-hydrogen) atoms. The molecule has 0 N–H and O–H groups in total. The highest BCUT2D eigenvalue weighted by atomic mass is 79.9. The van der Waals surface area contributed by atoms with Gasteiger partial charge in [0.1, 0.15) is 11.9 Å². The summed E-state index contributed by atoms with van der Waals surface area (Å²) in [5.41, 5.74) is -0.968. The molecule has 0 unspecified atom stereocenters. The maximum Gasteiger partial charge on any atom is 0.266 e. The minimum absolute atomic E-state index is 0.0681. The van der Waals surface area contributed by atoms with Crippen molar-refractivity contribution in [1.29, 1.82) is 0 Å². The average molecular weight is 426 g/mol. The molecule has 0 saturated carbocycles. The van der Waals surface area contributed by atoms with Crippen LogP contribution in [0.4, 0.5) is 0 Å². The molecule has 2 heterocycles. The van der Waals surface area contributed by atoms with Gasteiger partial charge in [-0.25, -0.2) is 4.98 Å². The van der Waals surface area contributed by atoms with E-state index in [0.29, 0.717) is 29.7 Å². The first-order chi connectivity index (χ1) is 11.8. The van der Waals surface area contributed by atoms with Crippen LogP contribution >= 0.6 is 27.5 Å². The number of pyridine rings is 1. The van der Waals surface area contributed by atoms with Crippen LogP contribution in [-0.2, 0) is 4.79 Å². The number of ether oxygens (including phenoxy) is 2. The van der Waals surface area contributed by atoms with Gasteiger partial charge < -0.3 is 14.4 Å². The van der Waals surface area contributed by atoms with E-state index in [1.54, 1.807) is 49.2 Å². The SMILES string of the molecule is CC(C)(Oc1ccc(Cl)cc1)C(=O)N1CC(Oc2ncccc2Br)C1. The molecule has 1 amide bonds. The number of aromatic nitrogens is 1. The van der Waals surface area contributed by atoms with Gasteiger partial charge in [-0.15, -0.1) is 0 Å². The van der Waals surface area contributed by atoms with Crippen LogP contribution in [-0.4, -0.2) is 40.6 Å². The Bertz CT molecular complexity index is 761. The molecule has 0 bridgehead atoms. The molecule has 2 aromatic rings. The van der Waals surface area contributed by atoms with Crippen molar-refractivity contribution in [3.05, 3.63) is 52.1 Å². The second kappa shape index (κ2) is 7.22. The maximum atomic E-state index is 12.7. The lowest BCUT2D eigenvalue weighted by Crippen LogP contribution is -2.61. The van der Waals surface area contributed by atoms with Gasteiger partial charge >= 0.3 is 0 Å². The Hall–Kier alpha value is -1.79. The molecule has 0 radical (unpaired) electrons. The van der Waals surface area contributed by atoms with E-state index in [1.165, 1.54) is 0 Å². The minimum Gasteiger partial charge on any atom is -0.478 e. The second-order valence-corrected chi connectivity index (χ2v) is 7.60.